The highest BCUT2D eigenvalue weighted by atomic mass is 15.1. The molecular weight excluding hydrogens is 164 g/mol. The van der Waals surface area contributed by atoms with Crippen LogP contribution in [0.2, 0.25) is 0 Å². The van der Waals surface area contributed by atoms with E-state index in [1.165, 1.54) is 0 Å². The lowest BCUT2D eigenvalue weighted by atomic mass is 10.3. The first kappa shape index (κ1) is 9.51. The normalized spacial score (nSPS) is 10.7. The van der Waals surface area contributed by atoms with Crippen molar-refractivity contribution in [2.75, 3.05) is 19.8 Å². The maximum atomic E-state index is 5.68. The number of anilines is 1. The van der Waals surface area contributed by atoms with E-state index in [0.29, 0.717) is 11.5 Å². The zero-order valence-electron chi connectivity index (χ0n) is 8.15. The highest BCUT2D eigenvalue weighted by Crippen LogP contribution is 2.17. The fourth-order valence-electron chi connectivity index (χ4n) is 0.827. The Labute approximate surface area is 78.1 Å². The number of pyridine rings is 1. The van der Waals surface area contributed by atoms with Gasteiger partial charge in [0.15, 0.2) is 5.82 Å². The summed E-state index contributed by atoms with van der Waals surface area (Å²) in [5.41, 5.74) is 7.20. The lowest BCUT2D eigenvalue weighted by Gasteiger charge is -2.03. The second kappa shape index (κ2) is 3.89. The van der Waals surface area contributed by atoms with Crippen LogP contribution < -0.4 is 5.73 Å². The van der Waals surface area contributed by atoms with Crippen molar-refractivity contribution >= 4 is 17.8 Å². The Bertz CT molecular complexity index is 317. The summed E-state index contributed by atoms with van der Waals surface area (Å²) in [6, 6.07) is 3.68. The summed E-state index contributed by atoms with van der Waals surface area (Å²) in [4.78, 5) is 10.2. The molecule has 0 fully saturated rings. The number of hydrogen-bond donors (Lipinski definition) is 1. The molecule has 0 bridgehead atoms. The molecule has 4 heteroatoms. The van der Waals surface area contributed by atoms with Gasteiger partial charge in [-0.05, 0) is 19.1 Å². The van der Waals surface area contributed by atoms with Crippen LogP contribution >= 0.6 is 0 Å². The van der Waals surface area contributed by atoms with Crippen LogP contribution in [0.5, 0.6) is 0 Å². The Balaban J connectivity index is 2.93. The number of nitrogens with two attached hydrogens (primary N) is 1. The van der Waals surface area contributed by atoms with Crippen LogP contribution in [-0.4, -0.2) is 30.3 Å². The summed E-state index contributed by atoms with van der Waals surface area (Å²) in [5, 5.41) is 0. The predicted octanol–water partition coefficient (Wildman–Crippen LogP) is 1.19. The van der Waals surface area contributed by atoms with Crippen LogP contribution in [-0.2, 0) is 0 Å². The molecule has 0 amide bonds. The van der Waals surface area contributed by atoms with E-state index < -0.39 is 0 Å². The standard InChI is InChI=1S/C9H14N4/c1-7-4-5-8(10)9(12-7)11-6-13(2)3/h4-6H,10H2,1-3H3. The number of nitrogens with zero attached hydrogens (tertiary/aromatic N) is 3. The van der Waals surface area contributed by atoms with Crippen LogP contribution in [0.15, 0.2) is 17.1 Å². The maximum absolute atomic E-state index is 5.68. The lowest BCUT2D eigenvalue weighted by Crippen LogP contribution is -2.07. The third kappa shape index (κ3) is 2.74. The monoisotopic (exact) mass is 178 g/mol. The van der Waals surface area contributed by atoms with Crippen molar-refractivity contribution in [2.45, 2.75) is 6.92 Å². The smallest absolute Gasteiger partial charge is 0.177 e. The first-order chi connectivity index (χ1) is 6.09. The molecule has 70 valence electrons. The fourth-order valence-corrected chi connectivity index (χ4v) is 0.827. The summed E-state index contributed by atoms with van der Waals surface area (Å²) >= 11 is 0. The topological polar surface area (TPSA) is 54.5 Å². The molecule has 2 N–H and O–H groups in total. The van der Waals surface area contributed by atoms with Crippen molar-refractivity contribution in [3.63, 3.8) is 0 Å². The Morgan fingerprint density at radius 3 is 2.77 bits per heavy atom. The minimum Gasteiger partial charge on any atom is -0.396 e. The van der Waals surface area contributed by atoms with Gasteiger partial charge in [0.05, 0.1) is 12.0 Å². The van der Waals surface area contributed by atoms with Gasteiger partial charge in [-0.2, -0.15) is 0 Å². The zero-order valence-corrected chi connectivity index (χ0v) is 8.15. The maximum Gasteiger partial charge on any atom is 0.177 e. The van der Waals surface area contributed by atoms with Gasteiger partial charge < -0.3 is 10.6 Å². The summed E-state index contributed by atoms with van der Waals surface area (Å²) in [5.74, 6) is 0.578. The van der Waals surface area contributed by atoms with E-state index in [0.717, 1.165) is 5.69 Å². The summed E-state index contributed by atoms with van der Waals surface area (Å²) in [6.45, 7) is 1.91. The summed E-state index contributed by atoms with van der Waals surface area (Å²) < 4.78 is 0. The van der Waals surface area contributed by atoms with Crippen LogP contribution in [0, 0.1) is 6.92 Å². The van der Waals surface area contributed by atoms with Gasteiger partial charge in [0.1, 0.15) is 0 Å². The van der Waals surface area contributed by atoms with Gasteiger partial charge in [0.25, 0.3) is 0 Å². The number of aryl methyl sites for hydroxylation is 1. The minimum absolute atomic E-state index is 0.578. The van der Waals surface area contributed by atoms with Crippen molar-refractivity contribution in [1.29, 1.82) is 0 Å². The van der Waals surface area contributed by atoms with E-state index in [1.807, 2.05) is 38.1 Å². The van der Waals surface area contributed by atoms with Crippen molar-refractivity contribution < 1.29 is 0 Å². The molecule has 0 aliphatic carbocycles. The third-order valence-electron chi connectivity index (χ3n) is 1.46. The predicted molar refractivity (Wildman–Crippen MR) is 55.2 cm³/mol. The van der Waals surface area contributed by atoms with Crippen LogP contribution in [0.25, 0.3) is 0 Å². The summed E-state index contributed by atoms with van der Waals surface area (Å²) in [7, 11) is 3.80. The molecule has 0 spiro atoms. The highest BCUT2D eigenvalue weighted by molar-refractivity contribution is 5.66. The fraction of sp³-hybridized carbons (Fsp3) is 0.333. The number of nitrogen functional groups attached to an aromatic ring is 1. The largest absolute Gasteiger partial charge is 0.396 e. The molecule has 1 aromatic rings. The number of rotatable bonds is 2. The first-order valence-corrected chi connectivity index (χ1v) is 4.03. The molecule has 0 atom stereocenters. The van der Waals surface area contributed by atoms with Gasteiger partial charge in [0.2, 0.25) is 0 Å². The van der Waals surface area contributed by atoms with Gasteiger partial charge in [-0.1, -0.05) is 0 Å². The van der Waals surface area contributed by atoms with Gasteiger partial charge in [0, 0.05) is 19.8 Å². The quantitative estimate of drug-likeness (QED) is 0.546. The molecule has 0 aliphatic rings. The lowest BCUT2D eigenvalue weighted by molar-refractivity contribution is 0.643. The van der Waals surface area contributed by atoms with Gasteiger partial charge in [-0.15, -0.1) is 0 Å². The first-order valence-electron chi connectivity index (χ1n) is 4.03. The van der Waals surface area contributed by atoms with Gasteiger partial charge in [-0.25, -0.2) is 9.98 Å². The molecule has 1 aromatic heterocycles. The number of aliphatic imine (C=N–C) groups is 1. The molecule has 0 aromatic carbocycles. The highest BCUT2D eigenvalue weighted by Gasteiger charge is 1.97. The molecule has 0 unspecified atom stereocenters. The van der Waals surface area contributed by atoms with Gasteiger partial charge in [-0.3, -0.25) is 0 Å². The molecule has 0 aliphatic heterocycles. The van der Waals surface area contributed by atoms with E-state index in [2.05, 4.69) is 9.98 Å². The van der Waals surface area contributed by atoms with Crippen molar-refractivity contribution in [1.82, 2.24) is 9.88 Å². The third-order valence-corrected chi connectivity index (χ3v) is 1.46. The molecule has 1 heterocycles. The summed E-state index contributed by atoms with van der Waals surface area (Å²) in [6.07, 6.45) is 1.68. The Morgan fingerprint density at radius 1 is 1.46 bits per heavy atom. The average Bonchev–Trinajstić information content (AvgIpc) is 2.06. The van der Waals surface area contributed by atoms with E-state index in [1.54, 1.807) is 6.34 Å². The Hall–Kier alpha value is -1.58. The molecule has 4 nitrogen and oxygen atoms in total. The number of hydrogen-bond acceptors (Lipinski definition) is 3. The second-order valence-corrected chi connectivity index (χ2v) is 3.07. The van der Waals surface area contributed by atoms with Crippen molar-refractivity contribution in [3.8, 4) is 0 Å². The van der Waals surface area contributed by atoms with Gasteiger partial charge >= 0.3 is 0 Å². The van der Waals surface area contributed by atoms with Crippen molar-refractivity contribution in [3.05, 3.63) is 17.8 Å². The average molecular weight is 178 g/mol. The molecule has 13 heavy (non-hydrogen) atoms. The SMILES string of the molecule is Cc1ccc(N)c(N=CN(C)C)n1. The zero-order chi connectivity index (χ0) is 9.84. The molecule has 1 rings (SSSR count). The minimum atomic E-state index is 0.578. The van der Waals surface area contributed by atoms with Crippen molar-refractivity contribution in [2.24, 2.45) is 4.99 Å². The van der Waals surface area contributed by atoms with Crippen LogP contribution in [0.4, 0.5) is 11.5 Å². The van der Waals surface area contributed by atoms with E-state index in [4.69, 9.17) is 5.73 Å². The Morgan fingerprint density at radius 2 is 2.15 bits per heavy atom. The molecule has 0 radical (unpaired) electrons. The molecule has 0 saturated carbocycles. The van der Waals surface area contributed by atoms with E-state index in [-0.39, 0.29) is 0 Å². The Kier molecular flexibility index (Phi) is 2.84. The van der Waals surface area contributed by atoms with E-state index in [9.17, 15) is 0 Å². The number of aromatic nitrogens is 1. The van der Waals surface area contributed by atoms with Crippen LogP contribution in [0.1, 0.15) is 5.69 Å². The second-order valence-electron chi connectivity index (χ2n) is 3.07. The molecular formula is C9H14N4. The van der Waals surface area contributed by atoms with Crippen LogP contribution in [0.3, 0.4) is 0 Å². The van der Waals surface area contributed by atoms with E-state index >= 15 is 0 Å². The molecule has 0 saturated heterocycles.